The van der Waals surface area contributed by atoms with Crippen LogP contribution < -0.4 is 0 Å². The Morgan fingerprint density at radius 2 is 1.73 bits per heavy atom. The summed E-state index contributed by atoms with van der Waals surface area (Å²) in [6.45, 7) is 20.0. The molecule has 8 unspecified atom stereocenters. The maximum absolute atomic E-state index is 12.7. The third-order valence-electron chi connectivity index (χ3n) is 14.2. The molecule has 8 atom stereocenters. The van der Waals surface area contributed by atoms with Crippen LogP contribution in [0.25, 0.3) is 0 Å². The molecule has 3 aliphatic carbocycles. The van der Waals surface area contributed by atoms with Gasteiger partial charge in [-0.3, -0.25) is 4.79 Å². The van der Waals surface area contributed by atoms with Crippen molar-refractivity contribution in [1.82, 2.24) is 10.2 Å². The standard InChI is InChI=1S/C44H63ClN2O5/c1-28(2)31(5)40-34-14-15-36-42(8,20-17-30(4)51-39(50)26-41(6,7)27-49)29(3)16-19-43(36,9)35(34)18-21-44(40,22-23-48)25-38-47-46-37(52-38)24-32-10-12-33(45)13-11-32/h10-13,23,27-30,34-36H,14-22,24-26H2,1-9H3/b40-31+. The van der Waals surface area contributed by atoms with Gasteiger partial charge in [-0.15, -0.1) is 10.2 Å². The highest BCUT2D eigenvalue weighted by Crippen LogP contribution is 2.69. The largest absolute Gasteiger partial charge is 0.463 e. The van der Waals surface area contributed by atoms with Crippen LogP contribution in [0.2, 0.25) is 5.02 Å². The molecule has 8 heteroatoms. The van der Waals surface area contributed by atoms with Gasteiger partial charge in [0.15, 0.2) is 0 Å². The first-order valence-corrected chi connectivity index (χ1v) is 20.2. The van der Waals surface area contributed by atoms with E-state index in [-0.39, 0.29) is 34.7 Å². The number of rotatable bonds is 14. The van der Waals surface area contributed by atoms with E-state index >= 15 is 0 Å². The number of hydrogen-bond acceptors (Lipinski definition) is 7. The number of benzene rings is 1. The predicted molar refractivity (Wildman–Crippen MR) is 206 cm³/mol. The van der Waals surface area contributed by atoms with E-state index in [2.05, 4.69) is 51.7 Å². The summed E-state index contributed by atoms with van der Waals surface area (Å²) < 4.78 is 12.2. The van der Waals surface area contributed by atoms with E-state index in [1.54, 1.807) is 13.8 Å². The molecule has 0 spiro atoms. The second kappa shape index (κ2) is 15.9. The Hall–Kier alpha value is -2.80. The number of fused-ring (bicyclic) bond motifs is 3. The van der Waals surface area contributed by atoms with Gasteiger partial charge in [-0.1, -0.05) is 83.3 Å². The van der Waals surface area contributed by atoms with Gasteiger partial charge in [-0.2, -0.15) is 0 Å². The van der Waals surface area contributed by atoms with E-state index in [1.807, 2.05) is 31.2 Å². The zero-order valence-corrected chi connectivity index (χ0v) is 34.0. The lowest BCUT2D eigenvalue weighted by molar-refractivity contribution is -0.156. The summed E-state index contributed by atoms with van der Waals surface area (Å²) in [4.78, 5) is 36.6. The van der Waals surface area contributed by atoms with Crippen molar-refractivity contribution in [1.29, 1.82) is 0 Å². The molecule has 52 heavy (non-hydrogen) atoms. The third-order valence-corrected chi connectivity index (χ3v) is 14.4. The summed E-state index contributed by atoms with van der Waals surface area (Å²) in [5.74, 6) is 3.34. The number of carbonyl (C=O) groups excluding carboxylic acids is 3. The van der Waals surface area contributed by atoms with E-state index < -0.39 is 5.41 Å². The van der Waals surface area contributed by atoms with Crippen LogP contribution in [-0.4, -0.2) is 34.8 Å². The van der Waals surface area contributed by atoms with Gasteiger partial charge in [0.25, 0.3) is 0 Å². The summed E-state index contributed by atoms with van der Waals surface area (Å²) >= 11 is 6.10. The molecular weight excluding hydrogens is 672 g/mol. The fraction of sp³-hybridized carbons (Fsp3) is 0.705. The van der Waals surface area contributed by atoms with Crippen LogP contribution in [0.1, 0.15) is 144 Å². The highest BCUT2D eigenvalue weighted by atomic mass is 35.5. The number of aldehydes is 2. The fourth-order valence-corrected chi connectivity index (χ4v) is 11.0. The lowest BCUT2D eigenvalue weighted by Crippen LogP contribution is -2.57. The summed E-state index contributed by atoms with van der Waals surface area (Å²) in [5, 5.41) is 9.68. The van der Waals surface area contributed by atoms with Gasteiger partial charge in [0.2, 0.25) is 11.8 Å². The number of esters is 1. The minimum Gasteiger partial charge on any atom is -0.463 e. The van der Waals surface area contributed by atoms with Crippen molar-refractivity contribution in [3.63, 3.8) is 0 Å². The Morgan fingerprint density at radius 3 is 2.38 bits per heavy atom. The summed E-state index contributed by atoms with van der Waals surface area (Å²) in [6, 6.07) is 7.71. The van der Waals surface area contributed by atoms with Crippen LogP contribution in [0.3, 0.4) is 0 Å². The molecule has 0 N–H and O–H groups in total. The molecule has 7 nitrogen and oxygen atoms in total. The summed E-state index contributed by atoms with van der Waals surface area (Å²) in [5.41, 5.74) is 3.21. The van der Waals surface area contributed by atoms with Crippen molar-refractivity contribution in [3.05, 3.63) is 57.8 Å². The molecule has 3 saturated carbocycles. The van der Waals surface area contributed by atoms with Crippen molar-refractivity contribution in [2.24, 2.45) is 51.2 Å². The molecule has 3 fully saturated rings. The Morgan fingerprint density at radius 1 is 1.04 bits per heavy atom. The SMILES string of the molecule is C/C(=C1/C2CCC3C(C)(CCC(C)OC(=O)CC(C)(C)C=O)C(C)CCC3(C)C2CCC1(CC=O)Cc1nnc(Cc2ccc(Cl)cc2)o1)C(C)C. The first-order chi connectivity index (χ1) is 24.5. The lowest BCUT2D eigenvalue weighted by atomic mass is 9.39. The van der Waals surface area contributed by atoms with Gasteiger partial charge in [-0.05, 0) is 123 Å². The molecule has 0 aliphatic heterocycles. The van der Waals surface area contributed by atoms with Crippen molar-refractivity contribution in [2.75, 3.05) is 0 Å². The Kier molecular flexibility index (Phi) is 12.3. The van der Waals surface area contributed by atoms with Gasteiger partial charge >= 0.3 is 5.97 Å². The first-order valence-electron chi connectivity index (χ1n) is 19.8. The molecule has 1 aromatic carbocycles. The van der Waals surface area contributed by atoms with Gasteiger partial charge < -0.3 is 18.7 Å². The first kappa shape index (κ1) is 40.4. The highest BCUT2D eigenvalue weighted by Gasteiger charge is 2.61. The Labute approximate surface area is 317 Å². The molecule has 286 valence electrons. The van der Waals surface area contributed by atoms with Crippen molar-refractivity contribution in [2.45, 2.75) is 145 Å². The Balaban J connectivity index is 1.39. The number of carbonyl (C=O) groups is 3. The van der Waals surface area contributed by atoms with E-state index in [4.69, 9.17) is 20.8 Å². The van der Waals surface area contributed by atoms with Crippen molar-refractivity contribution >= 4 is 30.1 Å². The zero-order chi connectivity index (χ0) is 38.1. The molecule has 0 saturated heterocycles. The van der Waals surface area contributed by atoms with Gasteiger partial charge in [0, 0.05) is 28.7 Å². The smallest absolute Gasteiger partial charge is 0.307 e. The number of nitrogens with zero attached hydrogens (tertiary/aromatic N) is 2. The normalized spacial score (nSPS) is 32.1. The molecule has 0 radical (unpaired) electrons. The van der Waals surface area contributed by atoms with E-state index in [0.29, 0.717) is 65.7 Å². The average molecular weight is 735 g/mol. The predicted octanol–water partition coefficient (Wildman–Crippen LogP) is 10.6. The van der Waals surface area contributed by atoms with Gasteiger partial charge in [0.05, 0.1) is 18.9 Å². The molecule has 1 aromatic heterocycles. The van der Waals surface area contributed by atoms with Crippen LogP contribution in [-0.2, 0) is 32.0 Å². The van der Waals surface area contributed by atoms with Gasteiger partial charge in [0.1, 0.15) is 12.6 Å². The molecular formula is C44H63ClN2O5. The number of aromatic nitrogens is 2. The number of hydrogen-bond donors (Lipinski definition) is 0. The van der Waals surface area contributed by atoms with Gasteiger partial charge in [-0.25, -0.2) is 0 Å². The quantitative estimate of drug-likeness (QED) is 0.108. The molecule has 1 heterocycles. The summed E-state index contributed by atoms with van der Waals surface area (Å²) in [7, 11) is 0. The maximum atomic E-state index is 12.7. The van der Waals surface area contributed by atoms with E-state index in [9.17, 15) is 14.4 Å². The molecule has 2 aromatic rings. The van der Waals surface area contributed by atoms with Crippen molar-refractivity contribution in [3.8, 4) is 0 Å². The number of allylic oxidation sites excluding steroid dienone is 2. The molecule has 3 aliphatic rings. The van der Waals surface area contributed by atoms with Crippen LogP contribution >= 0.6 is 11.6 Å². The van der Waals surface area contributed by atoms with Crippen LogP contribution in [0.15, 0.2) is 39.8 Å². The fourth-order valence-electron chi connectivity index (χ4n) is 10.9. The van der Waals surface area contributed by atoms with Crippen LogP contribution in [0, 0.1) is 51.2 Å². The third kappa shape index (κ3) is 8.30. The van der Waals surface area contributed by atoms with E-state index in [0.717, 1.165) is 56.7 Å². The highest BCUT2D eigenvalue weighted by molar-refractivity contribution is 6.30. The zero-order valence-electron chi connectivity index (χ0n) is 33.2. The van der Waals surface area contributed by atoms with E-state index in [1.165, 1.54) is 24.0 Å². The summed E-state index contributed by atoms with van der Waals surface area (Å²) in [6.07, 6.45) is 12.0. The molecule has 0 amide bonds. The van der Waals surface area contributed by atoms with Crippen LogP contribution in [0.4, 0.5) is 0 Å². The molecule has 5 rings (SSSR count). The molecule has 0 bridgehead atoms. The van der Waals surface area contributed by atoms with Crippen molar-refractivity contribution < 1.29 is 23.5 Å². The lowest BCUT2D eigenvalue weighted by Gasteiger charge is -2.65. The second-order valence-electron chi connectivity index (χ2n) is 18.4. The monoisotopic (exact) mass is 734 g/mol. The second-order valence-corrected chi connectivity index (χ2v) is 18.9. The topological polar surface area (TPSA) is 99.4 Å². The Bertz CT molecular complexity index is 1610. The average Bonchev–Trinajstić information content (AvgIpc) is 3.52. The number of halogens is 1. The van der Waals surface area contributed by atoms with Crippen LogP contribution in [0.5, 0.6) is 0 Å². The maximum Gasteiger partial charge on any atom is 0.307 e. The minimum absolute atomic E-state index is 0.104. The number of ether oxygens (including phenoxy) is 1. The minimum atomic E-state index is -0.710.